The molecule has 0 saturated carbocycles. The molecule has 0 aliphatic carbocycles. The van der Waals surface area contributed by atoms with E-state index in [1.165, 1.54) is 5.56 Å². The number of carbonyl (C=O) groups excluding carboxylic acids is 1. The zero-order valence-corrected chi connectivity index (χ0v) is 14.8. The van der Waals surface area contributed by atoms with Gasteiger partial charge in [-0.05, 0) is 51.0 Å². The van der Waals surface area contributed by atoms with Gasteiger partial charge in [-0.1, -0.05) is 30.3 Å². The van der Waals surface area contributed by atoms with Crippen LogP contribution >= 0.6 is 0 Å². The number of benzene rings is 2. The Morgan fingerprint density at radius 1 is 0.870 bits per heavy atom. The van der Waals surface area contributed by atoms with Gasteiger partial charge in [0.1, 0.15) is 0 Å². The maximum absolute atomic E-state index is 13.0. The van der Waals surface area contributed by atoms with Gasteiger partial charge in [0.15, 0.2) is 0 Å². The SMILES string of the molecule is CCN(CC)C(=O)c1c(C)cccc1N(C)c1ccccc1C. The highest BCUT2D eigenvalue weighted by atomic mass is 16.2. The van der Waals surface area contributed by atoms with Gasteiger partial charge in [0.25, 0.3) is 5.91 Å². The molecule has 3 heteroatoms. The summed E-state index contributed by atoms with van der Waals surface area (Å²) in [6.45, 7) is 9.57. The number of nitrogens with zero attached hydrogens (tertiary/aromatic N) is 2. The second-order valence-corrected chi connectivity index (χ2v) is 5.79. The first-order chi connectivity index (χ1) is 11.0. The number of amides is 1. The molecule has 0 radical (unpaired) electrons. The smallest absolute Gasteiger partial charge is 0.256 e. The first-order valence-electron chi connectivity index (χ1n) is 8.19. The molecule has 1 amide bonds. The standard InChI is InChI=1S/C20H26N2O/c1-6-22(7-2)20(23)19-16(4)12-10-14-18(19)21(5)17-13-9-8-11-15(17)3/h8-14H,6-7H2,1-5H3. The molecule has 0 fully saturated rings. The van der Waals surface area contributed by atoms with Gasteiger partial charge in [-0.15, -0.1) is 0 Å². The van der Waals surface area contributed by atoms with Gasteiger partial charge in [0.2, 0.25) is 0 Å². The molecule has 2 aromatic rings. The highest BCUT2D eigenvalue weighted by Crippen LogP contribution is 2.31. The van der Waals surface area contributed by atoms with Gasteiger partial charge in [0, 0.05) is 25.8 Å². The molecule has 0 aliphatic rings. The molecule has 0 N–H and O–H groups in total. The molecule has 0 bridgehead atoms. The van der Waals surface area contributed by atoms with Crippen molar-refractivity contribution in [2.24, 2.45) is 0 Å². The van der Waals surface area contributed by atoms with Crippen molar-refractivity contribution >= 4 is 17.3 Å². The maximum Gasteiger partial charge on any atom is 0.256 e. The summed E-state index contributed by atoms with van der Waals surface area (Å²) in [5.74, 6) is 0.100. The number of para-hydroxylation sites is 1. The van der Waals surface area contributed by atoms with Crippen molar-refractivity contribution in [1.82, 2.24) is 4.90 Å². The van der Waals surface area contributed by atoms with E-state index in [1.54, 1.807) is 0 Å². The second-order valence-electron chi connectivity index (χ2n) is 5.79. The summed E-state index contributed by atoms with van der Waals surface area (Å²) in [6.07, 6.45) is 0. The quantitative estimate of drug-likeness (QED) is 0.808. The van der Waals surface area contributed by atoms with Crippen LogP contribution in [0.3, 0.4) is 0 Å². The van der Waals surface area contributed by atoms with Crippen molar-refractivity contribution in [2.45, 2.75) is 27.7 Å². The van der Waals surface area contributed by atoms with Crippen molar-refractivity contribution in [3.05, 3.63) is 59.2 Å². The summed E-state index contributed by atoms with van der Waals surface area (Å²) >= 11 is 0. The minimum atomic E-state index is 0.100. The van der Waals surface area contributed by atoms with Crippen LogP contribution in [0, 0.1) is 13.8 Å². The molecule has 0 heterocycles. The van der Waals surface area contributed by atoms with E-state index in [2.05, 4.69) is 24.0 Å². The van der Waals surface area contributed by atoms with Crippen LogP contribution in [0.5, 0.6) is 0 Å². The van der Waals surface area contributed by atoms with Crippen LogP contribution in [0.1, 0.15) is 35.3 Å². The number of anilines is 2. The zero-order chi connectivity index (χ0) is 17.0. The molecule has 0 saturated heterocycles. The summed E-state index contributed by atoms with van der Waals surface area (Å²) in [5.41, 5.74) is 5.07. The zero-order valence-electron chi connectivity index (χ0n) is 14.8. The Balaban J connectivity index is 2.54. The molecule has 23 heavy (non-hydrogen) atoms. The molecule has 2 rings (SSSR count). The monoisotopic (exact) mass is 310 g/mol. The van der Waals surface area contributed by atoms with Crippen molar-refractivity contribution in [3.63, 3.8) is 0 Å². The van der Waals surface area contributed by atoms with E-state index < -0.39 is 0 Å². The Morgan fingerprint density at radius 3 is 2.04 bits per heavy atom. The summed E-state index contributed by atoms with van der Waals surface area (Å²) in [6, 6.07) is 14.3. The van der Waals surface area contributed by atoms with Gasteiger partial charge in [-0.2, -0.15) is 0 Å². The van der Waals surface area contributed by atoms with Crippen LogP contribution in [0.4, 0.5) is 11.4 Å². The second kappa shape index (κ2) is 7.32. The lowest BCUT2D eigenvalue weighted by Crippen LogP contribution is -2.32. The summed E-state index contributed by atoms with van der Waals surface area (Å²) in [4.78, 5) is 17.0. The Hall–Kier alpha value is -2.29. The molecule has 0 aromatic heterocycles. The third-order valence-corrected chi connectivity index (χ3v) is 4.35. The van der Waals surface area contributed by atoms with Gasteiger partial charge in [0.05, 0.1) is 11.3 Å². The average Bonchev–Trinajstić information content (AvgIpc) is 2.55. The van der Waals surface area contributed by atoms with Crippen LogP contribution in [-0.2, 0) is 0 Å². The van der Waals surface area contributed by atoms with Crippen molar-refractivity contribution in [1.29, 1.82) is 0 Å². The Labute approximate surface area is 139 Å². The van der Waals surface area contributed by atoms with Crippen LogP contribution in [0.15, 0.2) is 42.5 Å². The number of aryl methyl sites for hydroxylation is 2. The highest BCUT2D eigenvalue weighted by Gasteiger charge is 2.21. The fourth-order valence-electron chi connectivity index (χ4n) is 2.95. The van der Waals surface area contributed by atoms with Gasteiger partial charge in [-0.3, -0.25) is 4.79 Å². The van der Waals surface area contributed by atoms with Gasteiger partial charge < -0.3 is 9.80 Å². The summed E-state index contributed by atoms with van der Waals surface area (Å²) in [7, 11) is 2.02. The van der Waals surface area contributed by atoms with E-state index in [4.69, 9.17) is 0 Å². The number of carbonyl (C=O) groups is 1. The Bertz CT molecular complexity index is 690. The molecular formula is C20H26N2O. The highest BCUT2D eigenvalue weighted by molar-refractivity contribution is 6.02. The Morgan fingerprint density at radius 2 is 1.43 bits per heavy atom. The average molecular weight is 310 g/mol. The largest absolute Gasteiger partial charge is 0.344 e. The van der Waals surface area contributed by atoms with Crippen molar-refractivity contribution in [2.75, 3.05) is 25.0 Å². The summed E-state index contributed by atoms with van der Waals surface area (Å²) < 4.78 is 0. The first kappa shape index (κ1) is 17.1. The van der Waals surface area contributed by atoms with Crippen molar-refractivity contribution < 1.29 is 4.79 Å². The normalized spacial score (nSPS) is 10.5. The minimum absolute atomic E-state index is 0.100. The third-order valence-electron chi connectivity index (χ3n) is 4.35. The molecule has 0 unspecified atom stereocenters. The van der Waals surface area contributed by atoms with Gasteiger partial charge >= 0.3 is 0 Å². The molecule has 0 atom stereocenters. The van der Waals surface area contributed by atoms with Gasteiger partial charge in [-0.25, -0.2) is 0 Å². The molecule has 0 aliphatic heterocycles. The molecule has 2 aromatic carbocycles. The van der Waals surface area contributed by atoms with Crippen molar-refractivity contribution in [3.8, 4) is 0 Å². The lowest BCUT2D eigenvalue weighted by Gasteiger charge is -2.27. The molecule has 122 valence electrons. The predicted molar refractivity (Wildman–Crippen MR) is 97.7 cm³/mol. The van der Waals surface area contributed by atoms with E-state index >= 15 is 0 Å². The lowest BCUT2D eigenvalue weighted by atomic mass is 10.0. The molecule has 3 nitrogen and oxygen atoms in total. The number of hydrogen-bond acceptors (Lipinski definition) is 2. The molecular weight excluding hydrogens is 284 g/mol. The fourth-order valence-corrected chi connectivity index (χ4v) is 2.95. The van der Waals surface area contributed by atoms with E-state index in [-0.39, 0.29) is 5.91 Å². The van der Waals surface area contributed by atoms with Crippen LogP contribution in [-0.4, -0.2) is 30.9 Å². The number of hydrogen-bond donors (Lipinski definition) is 0. The lowest BCUT2D eigenvalue weighted by molar-refractivity contribution is 0.0773. The fraction of sp³-hybridized carbons (Fsp3) is 0.350. The third kappa shape index (κ3) is 3.39. The minimum Gasteiger partial charge on any atom is -0.344 e. The van der Waals surface area contributed by atoms with Crippen LogP contribution in [0.2, 0.25) is 0 Å². The van der Waals surface area contributed by atoms with Crippen LogP contribution in [0.25, 0.3) is 0 Å². The van der Waals surface area contributed by atoms with E-state index in [0.717, 1.165) is 35.6 Å². The maximum atomic E-state index is 13.0. The molecule has 0 spiro atoms. The van der Waals surface area contributed by atoms with Crippen LogP contribution < -0.4 is 4.90 Å². The topological polar surface area (TPSA) is 23.6 Å². The Kier molecular flexibility index (Phi) is 5.43. The summed E-state index contributed by atoms with van der Waals surface area (Å²) in [5, 5.41) is 0. The van der Waals surface area contributed by atoms with E-state index in [0.29, 0.717) is 0 Å². The number of rotatable bonds is 5. The predicted octanol–water partition coefficient (Wildman–Crippen LogP) is 4.55. The first-order valence-corrected chi connectivity index (χ1v) is 8.19. The van der Waals surface area contributed by atoms with E-state index in [1.807, 2.05) is 63.1 Å². The van der Waals surface area contributed by atoms with E-state index in [9.17, 15) is 4.79 Å².